The van der Waals surface area contributed by atoms with Crippen LogP contribution in [0.15, 0.2) is 17.3 Å². The molecule has 30 heavy (non-hydrogen) atoms. The van der Waals surface area contributed by atoms with Gasteiger partial charge in [-0.25, -0.2) is 4.79 Å². The van der Waals surface area contributed by atoms with E-state index in [1.807, 2.05) is 0 Å². The van der Waals surface area contributed by atoms with Gasteiger partial charge in [0.15, 0.2) is 5.69 Å². The van der Waals surface area contributed by atoms with Gasteiger partial charge < -0.3 is 15.2 Å². The van der Waals surface area contributed by atoms with E-state index in [0.717, 1.165) is 30.6 Å². The summed E-state index contributed by atoms with van der Waals surface area (Å²) < 4.78 is 43.9. The number of carbonyl (C=O) groups excluding carboxylic acids is 3. The molecule has 0 aliphatic carbocycles. The number of hydrogen-bond donors (Lipinski definition) is 2. The molecule has 0 unspecified atom stereocenters. The molecule has 0 bridgehead atoms. The van der Waals surface area contributed by atoms with Gasteiger partial charge in [-0.15, -0.1) is 11.8 Å². The fourth-order valence-corrected chi connectivity index (χ4v) is 4.37. The van der Waals surface area contributed by atoms with Crippen LogP contribution in [0.1, 0.15) is 23.1 Å². The van der Waals surface area contributed by atoms with Crippen LogP contribution in [0.4, 0.5) is 13.2 Å². The highest BCUT2D eigenvalue weighted by atomic mass is 32.2. The second-order valence-corrected chi connectivity index (χ2v) is 7.54. The summed E-state index contributed by atoms with van der Waals surface area (Å²) in [7, 11) is 1.03. The van der Waals surface area contributed by atoms with Crippen molar-refractivity contribution in [1.82, 2.24) is 20.0 Å². The molecular weight excluding hydrogens is 433 g/mol. The SMILES string of the molecule is CC(=O)OCC1=C(C(=O)O)N2C(=O)[C@@H](NC(=O)c3cc(C(F)(F)F)n(C)n3)[C@H]2SC1. The third kappa shape index (κ3) is 3.86. The van der Waals surface area contributed by atoms with Crippen LogP contribution in [0, 0.1) is 0 Å². The van der Waals surface area contributed by atoms with Crippen molar-refractivity contribution in [3.05, 3.63) is 28.7 Å². The molecule has 162 valence electrons. The molecule has 1 fully saturated rings. The number of carbonyl (C=O) groups is 4. The monoisotopic (exact) mass is 448 g/mol. The van der Waals surface area contributed by atoms with Crippen LogP contribution in [0.5, 0.6) is 0 Å². The molecule has 2 aliphatic heterocycles. The topological polar surface area (TPSA) is 131 Å². The average Bonchev–Trinajstić information content (AvgIpc) is 3.05. The molecule has 1 aromatic heterocycles. The Morgan fingerprint density at radius 2 is 2.07 bits per heavy atom. The number of nitrogens with zero attached hydrogens (tertiary/aromatic N) is 3. The summed E-state index contributed by atoms with van der Waals surface area (Å²) >= 11 is 1.13. The van der Waals surface area contributed by atoms with Gasteiger partial charge in [-0.2, -0.15) is 18.3 Å². The number of β-lactam (4-membered cyclic amide) rings is 1. The Morgan fingerprint density at radius 3 is 2.60 bits per heavy atom. The molecule has 1 aromatic rings. The second kappa shape index (κ2) is 7.66. The first-order valence-corrected chi connectivity index (χ1v) is 9.42. The first kappa shape index (κ1) is 21.7. The molecule has 2 N–H and O–H groups in total. The molecule has 0 radical (unpaired) electrons. The van der Waals surface area contributed by atoms with Gasteiger partial charge in [0, 0.05) is 31.4 Å². The van der Waals surface area contributed by atoms with Crippen LogP contribution in [0.2, 0.25) is 0 Å². The van der Waals surface area contributed by atoms with Crippen LogP contribution in [-0.2, 0) is 32.3 Å². The molecule has 2 aliphatic rings. The first-order valence-electron chi connectivity index (χ1n) is 8.37. The van der Waals surface area contributed by atoms with E-state index >= 15 is 0 Å². The quantitative estimate of drug-likeness (QED) is 0.488. The Balaban J connectivity index is 1.76. The number of alkyl halides is 3. The Kier molecular flexibility index (Phi) is 5.54. The third-order valence-electron chi connectivity index (χ3n) is 4.39. The fourth-order valence-electron chi connectivity index (χ4n) is 3.04. The number of aryl methyl sites for hydroxylation is 1. The molecule has 0 spiro atoms. The van der Waals surface area contributed by atoms with Crippen molar-refractivity contribution in [3.8, 4) is 0 Å². The van der Waals surface area contributed by atoms with Crippen LogP contribution in [0.3, 0.4) is 0 Å². The zero-order valence-electron chi connectivity index (χ0n) is 15.5. The summed E-state index contributed by atoms with van der Waals surface area (Å²) in [5.74, 6) is -3.64. The zero-order valence-corrected chi connectivity index (χ0v) is 16.3. The maximum absolute atomic E-state index is 12.9. The predicted octanol–water partition coefficient (Wildman–Crippen LogP) is 0.354. The summed E-state index contributed by atoms with van der Waals surface area (Å²) in [6.07, 6.45) is -4.71. The molecule has 2 amide bonds. The average molecular weight is 448 g/mol. The predicted molar refractivity (Wildman–Crippen MR) is 93.9 cm³/mol. The van der Waals surface area contributed by atoms with Crippen molar-refractivity contribution in [2.75, 3.05) is 12.4 Å². The van der Waals surface area contributed by atoms with Gasteiger partial charge in [-0.05, 0) is 0 Å². The van der Waals surface area contributed by atoms with E-state index in [9.17, 15) is 37.5 Å². The maximum Gasteiger partial charge on any atom is 0.433 e. The van der Waals surface area contributed by atoms with Crippen LogP contribution < -0.4 is 5.32 Å². The van der Waals surface area contributed by atoms with Crippen molar-refractivity contribution in [3.63, 3.8) is 0 Å². The molecule has 10 nitrogen and oxygen atoms in total. The van der Waals surface area contributed by atoms with Gasteiger partial charge in [0.1, 0.15) is 29.4 Å². The molecule has 14 heteroatoms. The van der Waals surface area contributed by atoms with Crippen molar-refractivity contribution < 1.29 is 42.2 Å². The zero-order chi connectivity index (χ0) is 22.4. The highest BCUT2D eigenvalue weighted by Gasteiger charge is 2.54. The van der Waals surface area contributed by atoms with Crippen molar-refractivity contribution >= 4 is 35.5 Å². The lowest BCUT2D eigenvalue weighted by atomic mass is 10.0. The molecule has 1 saturated heterocycles. The lowest BCUT2D eigenvalue weighted by Crippen LogP contribution is -2.70. The number of hydrogen-bond acceptors (Lipinski definition) is 7. The molecule has 3 heterocycles. The van der Waals surface area contributed by atoms with Crippen molar-refractivity contribution in [1.29, 1.82) is 0 Å². The number of nitrogens with one attached hydrogen (secondary N) is 1. The van der Waals surface area contributed by atoms with E-state index in [2.05, 4.69) is 10.4 Å². The number of fused-ring (bicyclic) bond motifs is 1. The number of esters is 1. The van der Waals surface area contributed by atoms with E-state index in [0.29, 0.717) is 10.7 Å². The van der Waals surface area contributed by atoms with Gasteiger partial charge in [-0.3, -0.25) is 24.0 Å². The minimum Gasteiger partial charge on any atom is -0.477 e. The van der Waals surface area contributed by atoms with Gasteiger partial charge in [0.2, 0.25) is 0 Å². The summed E-state index contributed by atoms with van der Waals surface area (Å²) in [4.78, 5) is 48.3. The van der Waals surface area contributed by atoms with E-state index in [4.69, 9.17) is 4.74 Å². The lowest BCUT2D eigenvalue weighted by molar-refractivity contribution is -0.149. The summed E-state index contributed by atoms with van der Waals surface area (Å²) in [5, 5.41) is 14.5. The number of thioether (sulfide) groups is 1. The molecule has 3 rings (SSSR count). The van der Waals surface area contributed by atoms with Crippen LogP contribution in [0.25, 0.3) is 0 Å². The van der Waals surface area contributed by atoms with Crippen LogP contribution >= 0.6 is 11.8 Å². The number of halogens is 3. The van der Waals surface area contributed by atoms with E-state index in [-0.39, 0.29) is 23.6 Å². The number of carboxylic acids is 1. The number of amides is 2. The summed E-state index contributed by atoms with van der Waals surface area (Å²) in [5.41, 5.74) is -1.78. The maximum atomic E-state index is 12.9. The summed E-state index contributed by atoms with van der Waals surface area (Å²) in [6, 6.07) is -0.576. The minimum absolute atomic E-state index is 0.123. The number of aliphatic carboxylic acids is 1. The van der Waals surface area contributed by atoms with Gasteiger partial charge in [-0.1, -0.05) is 0 Å². The Bertz CT molecular complexity index is 973. The molecule has 2 atom stereocenters. The van der Waals surface area contributed by atoms with E-state index in [1.54, 1.807) is 0 Å². The fraction of sp³-hybridized carbons (Fsp3) is 0.438. The van der Waals surface area contributed by atoms with Gasteiger partial charge in [0.25, 0.3) is 11.8 Å². The van der Waals surface area contributed by atoms with E-state index < -0.39 is 52.7 Å². The van der Waals surface area contributed by atoms with Crippen molar-refractivity contribution in [2.24, 2.45) is 7.05 Å². The Hall–Kier alpha value is -3.03. The number of rotatable bonds is 5. The molecule has 0 saturated carbocycles. The molecular formula is C16H15F3N4O6S. The number of ether oxygens (including phenoxy) is 1. The largest absolute Gasteiger partial charge is 0.477 e. The smallest absolute Gasteiger partial charge is 0.433 e. The van der Waals surface area contributed by atoms with Crippen molar-refractivity contribution in [2.45, 2.75) is 24.5 Å². The standard InChI is InChI=1S/C16H15F3N4O6S/c1-6(24)29-4-7-5-30-14-10(13(26)23(14)11(7)15(27)28)20-12(25)8-3-9(16(17,18)19)22(2)21-8/h3,10,14H,4-5H2,1-2H3,(H,20,25)(H,27,28)/t10-,14-/m1/s1. The third-order valence-corrected chi connectivity index (χ3v) is 5.73. The lowest BCUT2D eigenvalue weighted by Gasteiger charge is -2.49. The highest BCUT2D eigenvalue weighted by Crippen LogP contribution is 2.40. The number of aromatic nitrogens is 2. The highest BCUT2D eigenvalue weighted by molar-refractivity contribution is 8.00. The van der Waals surface area contributed by atoms with Crippen LogP contribution in [-0.4, -0.2) is 67.3 Å². The normalized spacial score (nSPS) is 21.1. The Morgan fingerprint density at radius 1 is 1.40 bits per heavy atom. The number of carboxylic acid groups (broad SMARTS) is 1. The van der Waals surface area contributed by atoms with Gasteiger partial charge in [0.05, 0.1) is 0 Å². The molecule has 0 aromatic carbocycles. The van der Waals surface area contributed by atoms with E-state index in [1.165, 1.54) is 0 Å². The minimum atomic E-state index is -4.71. The Labute approximate surface area is 171 Å². The summed E-state index contributed by atoms with van der Waals surface area (Å²) in [6.45, 7) is 0.855. The van der Waals surface area contributed by atoms with Gasteiger partial charge >= 0.3 is 18.1 Å². The first-order chi connectivity index (χ1) is 13.9. The second-order valence-electron chi connectivity index (χ2n) is 6.43.